The molecule has 0 saturated carbocycles. The van der Waals surface area contributed by atoms with Crippen LogP contribution in [0.4, 0.5) is 5.82 Å². The molecule has 0 atom stereocenters. The second-order valence-electron chi connectivity index (χ2n) is 10.4. The number of carbonyl (C=O) groups is 1. The van der Waals surface area contributed by atoms with Crippen LogP contribution in [0.5, 0.6) is 0 Å². The predicted molar refractivity (Wildman–Crippen MR) is 160 cm³/mol. The number of piperidine rings is 1. The fourth-order valence-electron chi connectivity index (χ4n) is 5.36. The van der Waals surface area contributed by atoms with Gasteiger partial charge in [-0.05, 0) is 69.6 Å². The van der Waals surface area contributed by atoms with Gasteiger partial charge >= 0.3 is 0 Å². The summed E-state index contributed by atoms with van der Waals surface area (Å²) in [6.07, 6.45) is 6.72. The topological polar surface area (TPSA) is 69.3 Å². The van der Waals surface area contributed by atoms with Crippen LogP contribution in [0.3, 0.4) is 0 Å². The summed E-state index contributed by atoms with van der Waals surface area (Å²) in [5.74, 6) is 1.29. The smallest absolute Gasteiger partial charge is 0.270 e. The highest BCUT2D eigenvalue weighted by atomic mass is 32.2. The van der Waals surface area contributed by atoms with E-state index in [-0.39, 0.29) is 23.1 Å². The van der Waals surface area contributed by atoms with E-state index < -0.39 is 0 Å². The van der Waals surface area contributed by atoms with Crippen molar-refractivity contribution in [3.63, 3.8) is 0 Å². The number of anilines is 1. The maximum absolute atomic E-state index is 13.5. The number of unbranched alkanes of at least 4 members (excludes halogenated alkanes) is 1. The third-order valence-electron chi connectivity index (χ3n) is 7.48. The lowest BCUT2D eigenvalue weighted by Gasteiger charge is -2.36. The molecule has 1 aromatic carbocycles. The maximum atomic E-state index is 13.5. The minimum absolute atomic E-state index is 0.0363. The zero-order chi connectivity index (χ0) is 27.4. The zero-order valence-electron chi connectivity index (χ0n) is 22.7. The minimum atomic E-state index is -0.244. The number of hydrogen-bond acceptors (Lipinski definition) is 6. The summed E-state index contributed by atoms with van der Waals surface area (Å²) in [5.41, 5.74) is 2.67. The minimum Gasteiger partial charge on any atom is -0.357 e. The standard InChI is InChI=1S/C30H36N4O2S2/c1-5-6-14-33-27(32-15-12-23(13-16-32)17-22-10-8-7-9-11-22)24(21(4)25(19-31)28(33)35)18-26-29(36)34(20(2)3)30(37)38-26/h7-11,18,20,23H,5-6,12-17H2,1-4H3/b26-18+. The summed E-state index contributed by atoms with van der Waals surface area (Å²) >= 11 is 6.80. The molecule has 38 heavy (non-hydrogen) atoms. The molecule has 2 aromatic rings. The molecule has 0 radical (unpaired) electrons. The van der Waals surface area contributed by atoms with E-state index in [9.17, 15) is 14.9 Å². The van der Waals surface area contributed by atoms with Crippen molar-refractivity contribution < 1.29 is 4.79 Å². The first-order valence-electron chi connectivity index (χ1n) is 13.5. The molecule has 2 aliphatic rings. The van der Waals surface area contributed by atoms with Crippen molar-refractivity contribution in [1.29, 1.82) is 5.26 Å². The van der Waals surface area contributed by atoms with Crippen LogP contribution >= 0.6 is 24.0 Å². The number of thioether (sulfide) groups is 1. The van der Waals surface area contributed by atoms with Gasteiger partial charge in [0.1, 0.15) is 21.8 Å². The highest BCUT2D eigenvalue weighted by molar-refractivity contribution is 8.26. The Morgan fingerprint density at radius 1 is 1.18 bits per heavy atom. The van der Waals surface area contributed by atoms with Crippen molar-refractivity contribution in [2.75, 3.05) is 18.0 Å². The highest BCUT2D eigenvalue weighted by Crippen LogP contribution is 2.37. The first-order chi connectivity index (χ1) is 18.3. The van der Waals surface area contributed by atoms with Crippen LogP contribution in [-0.4, -0.2) is 38.8 Å². The van der Waals surface area contributed by atoms with Gasteiger partial charge in [-0.1, -0.05) is 67.7 Å². The van der Waals surface area contributed by atoms with Gasteiger partial charge in [-0.3, -0.25) is 19.1 Å². The lowest BCUT2D eigenvalue weighted by molar-refractivity contribution is -0.123. The van der Waals surface area contributed by atoms with E-state index >= 15 is 0 Å². The number of benzene rings is 1. The second kappa shape index (κ2) is 12.3. The van der Waals surface area contributed by atoms with E-state index in [1.54, 1.807) is 9.47 Å². The Hall–Kier alpha value is -2.89. The first kappa shape index (κ1) is 28.1. The Balaban J connectivity index is 1.76. The number of rotatable bonds is 8. The van der Waals surface area contributed by atoms with Gasteiger partial charge in [0.05, 0.1) is 4.91 Å². The molecule has 0 N–H and O–H groups in total. The maximum Gasteiger partial charge on any atom is 0.270 e. The van der Waals surface area contributed by atoms with Crippen molar-refractivity contribution in [2.45, 2.75) is 72.4 Å². The van der Waals surface area contributed by atoms with Gasteiger partial charge in [0.15, 0.2) is 0 Å². The van der Waals surface area contributed by atoms with Crippen molar-refractivity contribution >= 4 is 46.1 Å². The molecule has 200 valence electrons. The van der Waals surface area contributed by atoms with E-state index in [1.165, 1.54) is 17.3 Å². The van der Waals surface area contributed by atoms with Crippen LogP contribution in [0, 0.1) is 24.2 Å². The fraction of sp³-hybridized carbons (Fsp3) is 0.467. The second-order valence-corrected chi connectivity index (χ2v) is 12.1. The number of aromatic nitrogens is 1. The molecule has 0 bridgehead atoms. The van der Waals surface area contributed by atoms with E-state index in [2.05, 4.69) is 42.2 Å². The third kappa shape index (κ3) is 5.74. The number of nitrogens with zero attached hydrogens (tertiary/aromatic N) is 4. The number of amides is 1. The number of thiocarbonyl (C=S) groups is 1. The molecule has 0 aliphatic carbocycles. The van der Waals surface area contributed by atoms with Gasteiger partial charge in [-0.15, -0.1) is 0 Å². The largest absolute Gasteiger partial charge is 0.357 e. The van der Waals surface area contributed by atoms with Gasteiger partial charge in [0.2, 0.25) is 0 Å². The molecule has 2 fully saturated rings. The molecule has 2 saturated heterocycles. The average molecular weight is 549 g/mol. The van der Waals surface area contributed by atoms with Crippen LogP contribution < -0.4 is 10.5 Å². The highest BCUT2D eigenvalue weighted by Gasteiger charge is 2.35. The first-order valence-corrected chi connectivity index (χ1v) is 14.7. The Morgan fingerprint density at radius 3 is 2.45 bits per heavy atom. The summed E-state index contributed by atoms with van der Waals surface area (Å²) in [6, 6.07) is 12.7. The molecule has 2 aliphatic heterocycles. The average Bonchev–Trinajstić information content (AvgIpc) is 3.19. The summed E-state index contributed by atoms with van der Waals surface area (Å²) in [4.78, 5) is 31.3. The number of carbonyl (C=O) groups excluding carboxylic acids is 1. The number of nitriles is 1. The van der Waals surface area contributed by atoms with Crippen LogP contribution in [0.2, 0.25) is 0 Å². The predicted octanol–water partition coefficient (Wildman–Crippen LogP) is 5.90. The Kier molecular flexibility index (Phi) is 9.11. The lowest BCUT2D eigenvalue weighted by atomic mass is 9.90. The van der Waals surface area contributed by atoms with E-state index in [1.807, 2.05) is 32.9 Å². The Morgan fingerprint density at radius 2 is 1.87 bits per heavy atom. The van der Waals surface area contributed by atoms with Crippen molar-refractivity contribution in [2.24, 2.45) is 5.92 Å². The quantitative estimate of drug-likeness (QED) is 0.302. The Labute approximate surface area is 235 Å². The van der Waals surface area contributed by atoms with Gasteiger partial charge in [0, 0.05) is 31.2 Å². The molecule has 4 rings (SSSR count). The Bertz CT molecular complexity index is 1330. The molecule has 6 nitrogen and oxygen atoms in total. The molecule has 8 heteroatoms. The van der Waals surface area contributed by atoms with E-state index in [0.29, 0.717) is 27.3 Å². The molecular weight excluding hydrogens is 512 g/mol. The summed E-state index contributed by atoms with van der Waals surface area (Å²) in [7, 11) is 0. The normalized spacial score (nSPS) is 17.6. The molecule has 0 unspecified atom stereocenters. The van der Waals surface area contributed by atoms with Crippen molar-refractivity contribution in [3.8, 4) is 6.07 Å². The van der Waals surface area contributed by atoms with Gasteiger partial charge in [-0.2, -0.15) is 5.26 Å². The summed E-state index contributed by atoms with van der Waals surface area (Å²) < 4.78 is 2.32. The van der Waals surface area contributed by atoms with Gasteiger partial charge < -0.3 is 4.90 Å². The molecule has 3 heterocycles. The summed E-state index contributed by atoms with van der Waals surface area (Å²) in [5, 5.41) is 9.92. The van der Waals surface area contributed by atoms with Crippen molar-refractivity contribution in [3.05, 3.63) is 67.8 Å². The van der Waals surface area contributed by atoms with Gasteiger partial charge in [0.25, 0.3) is 11.5 Å². The molecule has 1 amide bonds. The summed E-state index contributed by atoms with van der Waals surface area (Å²) in [6.45, 7) is 10.00. The number of hydrogen-bond donors (Lipinski definition) is 0. The SMILES string of the molecule is CCCCn1c(N2CCC(Cc3ccccc3)CC2)c(/C=C2/SC(=S)N(C(C)C)C2=O)c(C)c(C#N)c1=O. The lowest BCUT2D eigenvalue weighted by Crippen LogP contribution is -2.40. The van der Waals surface area contributed by atoms with Crippen LogP contribution in [-0.2, 0) is 17.8 Å². The van der Waals surface area contributed by atoms with Crippen LogP contribution in [0.25, 0.3) is 6.08 Å². The fourth-order valence-corrected chi connectivity index (χ4v) is 6.87. The van der Waals surface area contributed by atoms with E-state index in [0.717, 1.165) is 56.6 Å². The molecule has 1 aromatic heterocycles. The zero-order valence-corrected chi connectivity index (χ0v) is 24.3. The monoisotopic (exact) mass is 548 g/mol. The van der Waals surface area contributed by atoms with E-state index in [4.69, 9.17) is 12.2 Å². The van der Waals surface area contributed by atoms with Gasteiger partial charge in [-0.25, -0.2) is 0 Å². The molecular formula is C30H36N4O2S2. The molecule has 0 spiro atoms. The number of pyridine rings is 1. The third-order valence-corrected chi connectivity index (χ3v) is 8.81. The van der Waals surface area contributed by atoms with Crippen molar-refractivity contribution in [1.82, 2.24) is 9.47 Å². The van der Waals surface area contributed by atoms with Crippen LogP contribution in [0.15, 0.2) is 40.0 Å². The van der Waals surface area contributed by atoms with Crippen LogP contribution in [0.1, 0.15) is 68.7 Å².